The Morgan fingerprint density at radius 1 is 1.00 bits per heavy atom. The lowest BCUT2D eigenvalue weighted by molar-refractivity contribution is 0.470. The highest BCUT2D eigenvalue weighted by Crippen LogP contribution is 2.41. The van der Waals surface area contributed by atoms with Crippen LogP contribution in [-0.2, 0) is 6.42 Å². The van der Waals surface area contributed by atoms with Crippen LogP contribution in [0.2, 0.25) is 0 Å². The van der Waals surface area contributed by atoms with E-state index < -0.39 is 0 Å². The second-order valence-electron chi connectivity index (χ2n) is 8.49. The number of aromatic nitrogens is 1. The van der Waals surface area contributed by atoms with Crippen molar-refractivity contribution in [1.29, 1.82) is 0 Å². The number of phenols is 1. The number of phenolic OH excluding ortho intramolecular Hbond substituents is 1. The van der Waals surface area contributed by atoms with Gasteiger partial charge in [0.2, 0.25) is 0 Å². The van der Waals surface area contributed by atoms with E-state index in [1.165, 1.54) is 16.9 Å². The van der Waals surface area contributed by atoms with Crippen LogP contribution in [-0.4, -0.2) is 9.67 Å². The molecular formula is C27H17Br3N2O2S. The number of rotatable bonds is 2. The number of nitrogens with zero attached hydrogens (tertiary/aromatic N) is 2. The van der Waals surface area contributed by atoms with Crippen molar-refractivity contribution in [3.63, 3.8) is 0 Å². The first-order chi connectivity index (χ1) is 16.9. The zero-order valence-electron chi connectivity index (χ0n) is 18.1. The standard InChI is InChI=1S/C27H17Br3N2O2S/c28-17-8-5-15(6-9-17)24-20-10-7-14-3-1-2-4-19(14)23(20)31-27-32(24)26(34)22(35-27)12-16-11-18(29)13-21(30)25(16)33/h1-6,8-9,11-13,24,33H,7,10H2/b22-12+/t24-/m0/s1. The summed E-state index contributed by atoms with van der Waals surface area (Å²) in [6, 6.07) is 19.9. The third kappa shape index (κ3) is 4.00. The Balaban J connectivity index is 1.64. The molecule has 1 aromatic heterocycles. The van der Waals surface area contributed by atoms with Crippen molar-refractivity contribution in [3.05, 3.63) is 122 Å². The molecule has 0 unspecified atom stereocenters. The minimum absolute atomic E-state index is 0.0942. The number of allylic oxidation sites excluding steroid dienone is 1. The van der Waals surface area contributed by atoms with Gasteiger partial charge < -0.3 is 5.11 Å². The van der Waals surface area contributed by atoms with Gasteiger partial charge in [0.15, 0.2) is 4.80 Å². The Morgan fingerprint density at radius 2 is 1.77 bits per heavy atom. The molecule has 2 aliphatic rings. The van der Waals surface area contributed by atoms with E-state index in [4.69, 9.17) is 4.99 Å². The highest BCUT2D eigenvalue weighted by molar-refractivity contribution is 9.11. The Hall–Kier alpha value is -2.26. The fourth-order valence-corrected chi connectivity index (χ4v) is 7.32. The van der Waals surface area contributed by atoms with E-state index in [1.54, 1.807) is 18.2 Å². The molecule has 0 saturated carbocycles. The summed E-state index contributed by atoms with van der Waals surface area (Å²) < 4.78 is 4.70. The molecule has 1 aliphatic carbocycles. The van der Waals surface area contributed by atoms with Gasteiger partial charge in [-0.2, -0.15) is 0 Å². The van der Waals surface area contributed by atoms with Crippen LogP contribution in [0.15, 0.2) is 89.4 Å². The molecule has 0 saturated heterocycles. The summed E-state index contributed by atoms with van der Waals surface area (Å²) in [4.78, 5) is 19.5. The maximum atomic E-state index is 13.8. The molecule has 0 bridgehead atoms. The maximum Gasteiger partial charge on any atom is 0.271 e. The van der Waals surface area contributed by atoms with Gasteiger partial charge in [0, 0.05) is 20.1 Å². The Bertz CT molecular complexity index is 1720. The van der Waals surface area contributed by atoms with Crippen LogP contribution in [0.1, 0.15) is 34.7 Å². The molecule has 4 aromatic rings. The van der Waals surface area contributed by atoms with Crippen molar-refractivity contribution in [2.75, 3.05) is 0 Å². The van der Waals surface area contributed by atoms with Crippen LogP contribution in [0, 0.1) is 0 Å². The highest BCUT2D eigenvalue weighted by atomic mass is 79.9. The summed E-state index contributed by atoms with van der Waals surface area (Å²) in [5.41, 5.74) is 6.07. The third-order valence-corrected chi connectivity index (χ3v) is 8.98. The molecule has 0 spiro atoms. The summed E-state index contributed by atoms with van der Waals surface area (Å²) in [5, 5.41) is 10.6. The third-order valence-electron chi connectivity index (χ3n) is 6.40. The van der Waals surface area contributed by atoms with Gasteiger partial charge in [0.05, 0.1) is 20.7 Å². The molecule has 6 rings (SSSR count). The van der Waals surface area contributed by atoms with Crippen molar-refractivity contribution < 1.29 is 5.11 Å². The van der Waals surface area contributed by atoms with Gasteiger partial charge in [-0.05, 0) is 75.8 Å². The summed E-state index contributed by atoms with van der Waals surface area (Å²) in [6.07, 6.45) is 3.51. The van der Waals surface area contributed by atoms with Gasteiger partial charge in [0.1, 0.15) is 5.75 Å². The fourth-order valence-electron chi connectivity index (χ4n) is 4.80. The predicted octanol–water partition coefficient (Wildman–Crippen LogP) is 6.31. The van der Waals surface area contributed by atoms with Gasteiger partial charge in [-0.25, -0.2) is 4.99 Å². The van der Waals surface area contributed by atoms with Crippen LogP contribution in [0.5, 0.6) is 5.75 Å². The molecule has 0 radical (unpaired) electrons. The molecule has 1 atom stereocenters. The normalized spacial score (nSPS) is 17.0. The van der Waals surface area contributed by atoms with E-state index in [0.29, 0.717) is 19.4 Å². The van der Waals surface area contributed by atoms with Crippen molar-refractivity contribution >= 4 is 70.9 Å². The predicted molar refractivity (Wildman–Crippen MR) is 150 cm³/mol. The lowest BCUT2D eigenvalue weighted by atomic mass is 9.83. The monoisotopic (exact) mass is 670 g/mol. The Morgan fingerprint density at radius 3 is 2.57 bits per heavy atom. The number of halogens is 3. The van der Waals surface area contributed by atoms with Gasteiger partial charge in [-0.1, -0.05) is 79.6 Å². The topological polar surface area (TPSA) is 54.6 Å². The SMILES string of the molecule is O=c1/c(=C\c2cc(Br)cc(Br)c2O)sc2n1[C@@H](c1ccc(Br)cc1)C1=C(N=2)c2ccccc2CC1. The van der Waals surface area contributed by atoms with Crippen molar-refractivity contribution in [2.24, 2.45) is 4.99 Å². The highest BCUT2D eigenvalue weighted by Gasteiger charge is 2.32. The van der Waals surface area contributed by atoms with Gasteiger partial charge in [0.25, 0.3) is 5.56 Å². The quantitative estimate of drug-likeness (QED) is 0.271. The molecular weight excluding hydrogens is 656 g/mol. The molecule has 0 amide bonds. The molecule has 35 heavy (non-hydrogen) atoms. The molecule has 0 fully saturated rings. The molecule has 174 valence electrons. The van der Waals surface area contributed by atoms with Gasteiger partial charge in [-0.3, -0.25) is 9.36 Å². The minimum atomic E-state index is -0.229. The first kappa shape index (κ1) is 23.2. The van der Waals surface area contributed by atoms with E-state index in [1.807, 2.05) is 22.8 Å². The molecule has 1 N–H and O–H groups in total. The van der Waals surface area contributed by atoms with E-state index in [2.05, 4.69) is 78.1 Å². The number of aromatic hydroxyl groups is 1. The van der Waals surface area contributed by atoms with Gasteiger partial charge in [-0.15, -0.1) is 0 Å². The second-order valence-corrected chi connectivity index (χ2v) is 12.2. The Kier molecular flexibility index (Phi) is 5.95. The average Bonchev–Trinajstić information content (AvgIpc) is 3.16. The van der Waals surface area contributed by atoms with Crippen LogP contribution in [0.3, 0.4) is 0 Å². The minimum Gasteiger partial charge on any atom is -0.506 e. The largest absolute Gasteiger partial charge is 0.506 e. The van der Waals surface area contributed by atoms with Crippen LogP contribution in [0.4, 0.5) is 0 Å². The molecule has 3 aromatic carbocycles. The zero-order valence-corrected chi connectivity index (χ0v) is 23.7. The second kappa shape index (κ2) is 9.00. The number of aryl methyl sites for hydroxylation is 1. The van der Waals surface area contributed by atoms with Crippen LogP contribution in [0.25, 0.3) is 11.8 Å². The summed E-state index contributed by atoms with van der Waals surface area (Å²) in [6.45, 7) is 0. The molecule has 8 heteroatoms. The first-order valence-electron chi connectivity index (χ1n) is 11.0. The van der Waals surface area contributed by atoms with Crippen LogP contribution >= 0.6 is 59.1 Å². The lowest BCUT2D eigenvalue weighted by Crippen LogP contribution is -2.38. The fraction of sp³-hybridized carbons (Fsp3) is 0.111. The number of benzene rings is 3. The number of thiazole rings is 1. The maximum absolute atomic E-state index is 13.8. The van der Waals surface area contributed by atoms with Gasteiger partial charge >= 0.3 is 0 Å². The van der Waals surface area contributed by atoms with Crippen LogP contribution < -0.4 is 14.9 Å². The van der Waals surface area contributed by atoms with Crippen molar-refractivity contribution in [2.45, 2.75) is 18.9 Å². The number of hydrogen-bond donors (Lipinski definition) is 1. The molecule has 2 heterocycles. The van der Waals surface area contributed by atoms with E-state index in [-0.39, 0.29) is 17.4 Å². The van der Waals surface area contributed by atoms with E-state index in [0.717, 1.165) is 44.2 Å². The summed E-state index contributed by atoms with van der Waals surface area (Å²) >= 11 is 11.7. The average molecular weight is 673 g/mol. The molecule has 4 nitrogen and oxygen atoms in total. The van der Waals surface area contributed by atoms with E-state index in [9.17, 15) is 9.90 Å². The Labute approximate surface area is 230 Å². The number of fused-ring (bicyclic) bond motifs is 3. The summed E-state index contributed by atoms with van der Waals surface area (Å²) in [7, 11) is 0. The lowest BCUT2D eigenvalue weighted by Gasteiger charge is -2.30. The number of hydrogen-bond acceptors (Lipinski definition) is 4. The van der Waals surface area contributed by atoms with E-state index >= 15 is 0 Å². The molecule has 1 aliphatic heterocycles. The van der Waals surface area contributed by atoms with Crippen molar-refractivity contribution in [1.82, 2.24) is 4.57 Å². The zero-order chi connectivity index (χ0) is 24.3. The first-order valence-corrected chi connectivity index (χ1v) is 14.2. The smallest absolute Gasteiger partial charge is 0.271 e. The summed E-state index contributed by atoms with van der Waals surface area (Å²) in [5.74, 6) is 0.0942. The van der Waals surface area contributed by atoms with Crippen molar-refractivity contribution in [3.8, 4) is 5.75 Å².